The molecule has 0 atom stereocenters. The molecule has 0 spiro atoms. The second kappa shape index (κ2) is 10.1. The van der Waals surface area contributed by atoms with Gasteiger partial charge >= 0.3 is 0 Å². The van der Waals surface area contributed by atoms with Gasteiger partial charge in [0.15, 0.2) is 0 Å². The molecule has 0 radical (unpaired) electrons. The Morgan fingerprint density at radius 2 is 1.77 bits per heavy atom. The Morgan fingerprint density at radius 3 is 2.45 bits per heavy atom. The zero-order chi connectivity index (χ0) is 22.4. The van der Waals surface area contributed by atoms with Crippen molar-refractivity contribution in [2.75, 3.05) is 13.6 Å². The van der Waals surface area contributed by atoms with Gasteiger partial charge in [-0.3, -0.25) is 9.59 Å². The molecule has 0 saturated heterocycles. The number of carbonyl (C=O) groups excluding carboxylic acids is 2. The second-order valence-electron chi connectivity index (χ2n) is 7.85. The molecule has 2 amide bonds. The summed E-state index contributed by atoms with van der Waals surface area (Å²) >= 11 is 0. The van der Waals surface area contributed by atoms with Gasteiger partial charge in [0.05, 0.1) is 0 Å². The molecule has 2 aromatic carbocycles. The average Bonchev–Trinajstić information content (AvgIpc) is 3.14. The van der Waals surface area contributed by atoms with Crippen molar-refractivity contribution < 1.29 is 9.59 Å². The minimum Gasteiger partial charge on any atom is -0.347 e. The molecule has 0 aliphatic rings. The number of para-hydroxylation sites is 1. The van der Waals surface area contributed by atoms with Gasteiger partial charge in [-0.25, -0.2) is 0 Å². The Morgan fingerprint density at radius 1 is 1.06 bits per heavy atom. The maximum Gasteiger partial charge on any atom is 0.270 e. The number of benzene rings is 2. The molecule has 1 heterocycles. The van der Waals surface area contributed by atoms with Gasteiger partial charge in [-0.15, -0.1) is 0 Å². The van der Waals surface area contributed by atoms with Crippen LogP contribution >= 0.6 is 0 Å². The number of unbranched alkanes of at least 4 members (excludes halogenated alkanes) is 1. The van der Waals surface area contributed by atoms with E-state index in [-0.39, 0.29) is 17.5 Å². The number of amides is 2. The number of hydrogen-bond acceptors (Lipinski definition) is 2. The number of likely N-dealkylation sites (N-methyl/N-ethyl adjacent to an activating group) is 1. The van der Waals surface area contributed by atoms with Gasteiger partial charge in [-0.1, -0.05) is 49.2 Å². The van der Waals surface area contributed by atoms with Crippen LogP contribution in [0.4, 0.5) is 0 Å². The Kier molecular flexibility index (Phi) is 7.29. The molecule has 0 aliphatic heterocycles. The summed E-state index contributed by atoms with van der Waals surface area (Å²) in [7, 11) is 1.78. The highest BCUT2D eigenvalue weighted by atomic mass is 16.2. The van der Waals surface area contributed by atoms with Gasteiger partial charge in [0, 0.05) is 48.4 Å². The van der Waals surface area contributed by atoms with E-state index in [1.165, 1.54) is 0 Å². The Balaban J connectivity index is 2.00. The highest BCUT2D eigenvalue weighted by molar-refractivity contribution is 6.06. The Bertz CT molecular complexity index is 1090. The first-order valence-corrected chi connectivity index (χ1v) is 10.9. The predicted octanol–water partition coefficient (Wildman–Crippen LogP) is 5.00. The molecular formula is C26H31N3O2. The Labute approximate surface area is 184 Å². The lowest BCUT2D eigenvalue weighted by Crippen LogP contribution is -2.36. The third kappa shape index (κ3) is 5.23. The fourth-order valence-electron chi connectivity index (χ4n) is 3.56. The van der Waals surface area contributed by atoms with Crippen molar-refractivity contribution in [3.8, 4) is 0 Å². The van der Waals surface area contributed by atoms with Crippen molar-refractivity contribution in [3.05, 3.63) is 77.1 Å². The van der Waals surface area contributed by atoms with Crippen molar-refractivity contribution in [3.63, 3.8) is 0 Å². The molecule has 1 aromatic heterocycles. The van der Waals surface area contributed by atoms with E-state index in [1.807, 2.05) is 43.5 Å². The first-order chi connectivity index (χ1) is 14.9. The molecule has 0 fully saturated rings. The van der Waals surface area contributed by atoms with Crippen molar-refractivity contribution >= 4 is 28.8 Å². The monoisotopic (exact) mass is 417 g/mol. The number of hydrogen-bond donors (Lipinski definition) is 1. The summed E-state index contributed by atoms with van der Waals surface area (Å²) in [4.78, 5) is 27.8. The van der Waals surface area contributed by atoms with Crippen molar-refractivity contribution in [1.29, 1.82) is 0 Å². The number of carbonyl (C=O) groups is 2. The van der Waals surface area contributed by atoms with E-state index in [4.69, 9.17) is 0 Å². The molecule has 3 rings (SSSR count). The largest absolute Gasteiger partial charge is 0.347 e. The number of nitrogens with zero attached hydrogens (tertiary/aromatic N) is 2. The molecule has 5 nitrogen and oxygen atoms in total. The fraction of sp³-hybridized carbons (Fsp3) is 0.308. The molecule has 31 heavy (non-hydrogen) atoms. The number of aryl methyl sites for hydroxylation is 2. The van der Waals surface area contributed by atoms with Gasteiger partial charge < -0.3 is 14.8 Å². The minimum absolute atomic E-state index is 0.192. The van der Waals surface area contributed by atoms with E-state index in [1.54, 1.807) is 30.2 Å². The van der Waals surface area contributed by atoms with Gasteiger partial charge in [0.25, 0.3) is 11.8 Å². The molecule has 0 unspecified atom stereocenters. The molecule has 3 aromatic rings. The topological polar surface area (TPSA) is 54.3 Å². The van der Waals surface area contributed by atoms with E-state index in [9.17, 15) is 9.59 Å². The van der Waals surface area contributed by atoms with Crippen molar-refractivity contribution in [1.82, 2.24) is 14.8 Å². The lowest BCUT2D eigenvalue weighted by atomic mass is 10.1. The smallest absolute Gasteiger partial charge is 0.270 e. The fourth-order valence-corrected chi connectivity index (χ4v) is 3.56. The summed E-state index contributed by atoms with van der Waals surface area (Å²) in [6.45, 7) is 7.62. The minimum atomic E-state index is -0.289. The number of fused-ring (bicyclic) bond motifs is 1. The van der Waals surface area contributed by atoms with Crippen LogP contribution in [0.5, 0.6) is 0 Å². The predicted molar refractivity (Wildman–Crippen MR) is 127 cm³/mol. The van der Waals surface area contributed by atoms with Gasteiger partial charge in [0.1, 0.15) is 5.70 Å². The number of aromatic nitrogens is 1. The molecule has 162 valence electrons. The lowest BCUT2D eigenvalue weighted by molar-refractivity contribution is -0.126. The normalized spacial score (nSPS) is 11.5. The highest BCUT2D eigenvalue weighted by Crippen LogP contribution is 2.23. The number of rotatable bonds is 8. The average molecular weight is 418 g/mol. The summed E-state index contributed by atoms with van der Waals surface area (Å²) in [5.74, 6) is -0.482. The maximum absolute atomic E-state index is 13.2. The molecule has 0 saturated carbocycles. The summed E-state index contributed by atoms with van der Waals surface area (Å²) in [5.41, 5.74) is 3.90. The second-order valence-corrected chi connectivity index (χ2v) is 7.85. The van der Waals surface area contributed by atoms with E-state index in [2.05, 4.69) is 29.8 Å². The van der Waals surface area contributed by atoms with Crippen LogP contribution in [-0.2, 0) is 11.3 Å². The van der Waals surface area contributed by atoms with E-state index < -0.39 is 0 Å². The SMILES string of the molecule is CCCCN(C)C(=O)/C(=C/c1cn(CC)c2ccccc12)NC(=O)c1ccc(C)cc1. The summed E-state index contributed by atoms with van der Waals surface area (Å²) in [6, 6.07) is 15.4. The highest BCUT2D eigenvalue weighted by Gasteiger charge is 2.19. The third-order valence-corrected chi connectivity index (χ3v) is 5.45. The van der Waals surface area contributed by atoms with E-state index in [0.717, 1.165) is 41.4 Å². The zero-order valence-electron chi connectivity index (χ0n) is 18.8. The summed E-state index contributed by atoms with van der Waals surface area (Å²) in [5, 5.41) is 3.92. The van der Waals surface area contributed by atoms with Crippen molar-refractivity contribution in [2.24, 2.45) is 0 Å². The van der Waals surface area contributed by atoms with Gasteiger partial charge in [0.2, 0.25) is 0 Å². The van der Waals surface area contributed by atoms with Crippen LogP contribution in [0.3, 0.4) is 0 Å². The third-order valence-electron chi connectivity index (χ3n) is 5.45. The van der Waals surface area contributed by atoms with Gasteiger partial charge in [-0.05, 0) is 44.5 Å². The molecular weight excluding hydrogens is 386 g/mol. The van der Waals surface area contributed by atoms with Crippen LogP contribution in [0.25, 0.3) is 17.0 Å². The van der Waals surface area contributed by atoms with Gasteiger partial charge in [-0.2, -0.15) is 0 Å². The maximum atomic E-state index is 13.2. The first kappa shape index (κ1) is 22.3. The standard InChI is InChI=1S/C26H31N3O2/c1-5-7-16-28(4)26(31)23(27-25(30)20-14-12-19(3)13-15-20)17-21-18-29(6-2)24-11-9-8-10-22(21)24/h8-15,17-18H,5-7,16H2,1-4H3,(H,27,30)/b23-17-. The molecule has 5 heteroatoms. The summed E-state index contributed by atoms with van der Waals surface area (Å²) < 4.78 is 2.14. The molecule has 1 N–H and O–H groups in total. The molecule has 0 aliphatic carbocycles. The van der Waals surface area contributed by atoms with Crippen molar-refractivity contribution in [2.45, 2.75) is 40.2 Å². The van der Waals surface area contributed by atoms with Crippen LogP contribution in [0.15, 0.2) is 60.4 Å². The zero-order valence-corrected chi connectivity index (χ0v) is 18.8. The quantitative estimate of drug-likeness (QED) is 0.525. The summed E-state index contributed by atoms with van der Waals surface area (Å²) in [6.07, 6.45) is 5.74. The van der Waals surface area contributed by atoms with Crippen LogP contribution in [0.1, 0.15) is 48.2 Å². The Hall–Kier alpha value is -3.34. The first-order valence-electron chi connectivity index (χ1n) is 10.9. The molecule has 0 bridgehead atoms. The van der Waals surface area contributed by atoms with Crippen LogP contribution in [0.2, 0.25) is 0 Å². The van der Waals surface area contributed by atoms with Crippen LogP contribution in [0, 0.1) is 6.92 Å². The van der Waals surface area contributed by atoms with E-state index in [0.29, 0.717) is 12.1 Å². The van der Waals surface area contributed by atoms with Crippen LogP contribution in [-0.4, -0.2) is 34.9 Å². The van der Waals surface area contributed by atoms with E-state index >= 15 is 0 Å². The number of nitrogens with one attached hydrogen (secondary N) is 1. The van der Waals surface area contributed by atoms with Crippen LogP contribution < -0.4 is 5.32 Å². The lowest BCUT2D eigenvalue weighted by Gasteiger charge is -2.19.